The summed E-state index contributed by atoms with van der Waals surface area (Å²) in [7, 11) is 0. The number of hydrogen-bond acceptors (Lipinski definition) is 3. The van der Waals surface area contributed by atoms with Crippen molar-refractivity contribution in [3.8, 4) is 0 Å². The third-order valence-corrected chi connectivity index (χ3v) is 3.09. The molecule has 20 heavy (non-hydrogen) atoms. The van der Waals surface area contributed by atoms with Gasteiger partial charge in [0.1, 0.15) is 12.7 Å². The summed E-state index contributed by atoms with van der Waals surface area (Å²) in [5.41, 5.74) is 1.79. The Balaban J connectivity index is 1.85. The van der Waals surface area contributed by atoms with Crippen LogP contribution in [0.15, 0.2) is 36.9 Å². The lowest BCUT2D eigenvalue weighted by molar-refractivity contribution is 0.0953. The molecule has 5 nitrogen and oxygen atoms in total. The lowest BCUT2D eigenvalue weighted by atomic mass is 10.1. The fourth-order valence-electron chi connectivity index (χ4n) is 1.94. The summed E-state index contributed by atoms with van der Waals surface area (Å²) in [6.07, 6.45) is 6.53. The van der Waals surface area contributed by atoms with E-state index in [0.717, 1.165) is 31.4 Å². The van der Waals surface area contributed by atoms with Gasteiger partial charge in [0, 0.05) is 12.1 Å². The normalized spacial score (nSPS) is 10.4. The molecule has 1 heterocycles. The molecule has 1 aromatic carbocycles. The predicted octanol–water partition coefficient (Wildman–Crippen LogP) is 2.25. The highest BCUT2D eigenvalue weighted by Crippen LogP contribution is 2.06. The molecule has 1 aromatic heterocycles. The van der Waals surface area contributed by atoms with Crippen molar-refractivity contribution in [2.24, 2.45) is 0 Å². The second-order valence-electron chi connectivity index (χ2n) is 4.75. The van der Waals surface area contributed by atoms with Crippen LogP contribution < -0.4 is 5.32 Å². The summed E-state index contributed by atoms with van der Waals surface area (Å²) in [4.78, 5) is 15.8. The average Bonchev–Trinajstić information content (AvgIpc) is 2.97. The summed E-state index contributed by atoms with van der Waals surface area (Å²) < 4.78 is 1.75. The van der Waals surface area contributed by atoms with Crippen molar-refractivity contribution in [2.75, 3.05) is 6.54 Å². The van der Waals surface area contributed by atoms with Crippen LogP contribution in [0.5, 0.6) is 0 Å². The average molecular weight is 272 g/mol. The van der Waals surface area contributed by atoms with Crippen LogP contribution >= 0.6 is 0 Å². The largest absolute Gasteiger partial charge is 0.352 e. The highest BCUT2D eigenvalue weighted by molar-refractivity contribution is 5.94. The third kappa shape index (κ3) is 4.19. The Bertz CT molecular complexity index is 519. The standard InChI is InChI=1S/C15H20N4O/c1-2-3-4-9-17-15(20)14-7-5-13(6-8-14)10-19-12-16-11-18-19/h5-8,11-12H,2-4,9-10H2,1H3,(H,17,20). The van der Waals surface area contributed by atoms with Crippen LogP contribution in [-0.4, -0.2) is 27.2 Å². The molecular weight excluding hydrogens is 252 g/mol. The molecule has 0 saturated heterocycles. The van der Waals surface area contributed by atoms with Gasteiger partial charge in [-0.1, -0.05) is 31.9 Å². The quantitative estimate of drug-likeness (QED) is 0.786. The lowest BCUT2D eigenvalue weighted by Gasteiger charge is -2.06. The van der Waals surface area contributed by atoms with Gasteiger partial charge in [-0.05, 0) is 24.1 Å². The predicted molar refractivity (Wildman–Crippen MR) is 77.4 cm³/mol. The number of amides is 1. The first-order valence-electron chi connectivity index (χ1n) is 6.99. The van der Waals surface area contributed by atoms with E-state index in [2.05, 4.69) is 22.3 Å². The number of carbonyl (C=O) groups excluding carboxylic acids is 1. The summed E-state index contributed by atoms with van der Waals surface area (Å²) >= 11 is 0. The number of nitrogens with one attached hydrogen (secondary N) is 1. The van der Waals surface area contributed by atoms with Crippen molar-refractivity contribution in [3.05, 3.63) is 48.0 Å². The van der Waals surface area contributed by atoms with Gasteiger partial charge in [-0.15, -0.1) is 0 Å². The number of unbranched alkanes of at least 4 members (excludes halogenated alkanes) is 2. The molecule has 0 fully saturated rings. The highest BCUT2D eigenvalue weighted by atomic mass is 16.1. The first kappa shape index (κ1) is 14.2. The van der Waals surface area contributed by atoms with Crippen LogP contribution in [0.1, 0.15) is 42.1 Å². The topological polar surface area (TPSA) is 59.8 Å². The Labute approximate surface area is 119 Å². The molecule has 2 aromatic rings. The van der Waals surface area contributed by atoms with Crippen LogP contribution in [0.3, 0.4) is 0 Å². The monoisotopic (exact) mass is 272 g/mol. The Morgan fingerprint density at radius 2 is 2.05 bits per heavy atom. The van der Waals surface area contributed by atoms with Gasteiger partial charge in [0.2, 0.25) is 0 Å². The molecule has 2 rings (SSSR count). The van der Waals surface area contributed by atoms with Gasteiger partial charge in [0.15, 0.2) is 0 Å². The van der Waals surface area contributed by atoms with E-state index >= 15 is 0 Å². The molecule has 0 saturated carbocycles. The van der Waals surface area contributed by atoms with Gasteiger partial charge >= 0.3 is 0 Å². The summed E-state index contributed by atoms with van der Waals surface area (Å²) in [5.74, 6) is -0.00610. The minimum absolute atomic E-state index is 0.00610. The van der Waals surface area contributed by atoms with E-state index in [-0.39, 0.29) is 5.91 Å². The van der Waals surface area contributed by atoms with Crippen molar-refractivity contribution in [3.63, 3.8) is 0 Å². The molecule has 0 aliphatic heterocycles. The number of carbonyl (C=O) groups is 1. The zero-order valence-corrected chi connectivity index (χ0v) is 11.7. The molecule has 0 atom stereocenters. The SMILES string of the molecule is CCCCCNC(=O)c1ccc(Cn2cncn2)cc1. The van der Waals surface area contributed by atoms with E-state index in [4.69, 9.17) is 0 Å². The van der Waals surface area contributed by atoms with Gasteiger partial charge < -0.3 is 5.32 Å². The maximum absolute atomic E-state index is 11.9. The molecule has 0 bridgehead atoms. The molecule has 0 aliphatic carbocycles. The van der Waals surface area contributed by atoms with Crippen molar-refractivity contribution in [1.29, 1.82) is 0 Å². The van der Waals surface area contributed by atoms with Crippen molar-refractivity contribution >= 4 is 5.91 Å². The molecule has 5 heteroatoms. The van der Waals surface area contributed by atoms with Crippen LogP contribution in [0.25, 0.3) is 0 Å². The number of hydrogen-bond donors (Lipinski definition) is 1. The second-order valence-corrected chi connectivity index (χ2v) is 4.75. The zero-order valence-electron chi connectivity index (χ0n) is 11.7. The van der Waals surface area contributed by atoms with Crippen LogP contribution in [0, 0.1) is 0 Å². The molecule has 0 radical (unpaired) electrons. The number of aromatic nitrogens is 3. The van der Waals surface area contributed by atoms with E-state index in [1.807, 2.05) is 24.3 Å². The van der Waals surface area contributed by atoms with Gasteiger partial charge in [0.05, 0.1) is 6.54 Å². The number of benzene rings is 1. The molecule has 1 N–H and O–H groups in total. The molecular formula is C15H20N4O. The van der Waals surface area contributed by atoms with Crippen molar-refractivity contribution in [2.45, 2.75) is 32.7 Å². The first-order valence-corrected chi connectivity index (χ1v) is 6.99. The Kier molecular flexibility index (Phi) is 5.29. The summed E-state index contributed by atoms with van der Waals surface area (Å²) in [6.45, 7) is 3.56. The molecule has 0 spiro atoms. The maximum Gasteiger partial charge on any atom is 0.251 e. The minimum atomic E-state index is -0.00610. The summed E-state index contributed by atoms with van der Waals surface area (Å²) in [5, 5.41) is 6.99. The van der Waals surface area contributed by atoms with Crippen LogP contribution in [0.2, 0.25) is 0 Å². The Morgan fingerprint density at radius 1 is 1.25 bits per heavy atom. The van der Waals surface area contributed by atoms with E-state index in [9.17, 15) is 4.79 Å². The van der Waals surface area contributed by atoms with E-state index in [1.165, 1.54) is 6.33 Å². The smallest absolute Gasteiger partial charge is 0.251 e. The fraction of sp³-hybridized carbons (Fsp3) is 0.400. The Morgan fingerprint density at radius 3 is 2.70 bits per heavy atom. The second kappa shape index (κ2) is 7.43. The van der Waals surface area contributed by atoms with Gasteiger partial charge in [-0.2, -0.15) is 5.10 Å². The van der Waals surface area contributed by atoms with Gasteiger partial charge in [-0.25, -0.2) is 9.67 Å². The van der Waals surface area contributed by atoms with E-state index < -0.39 is 0 Å². The maximum atomic E-state index is 11.9. The lowest BCUT2D eigenvalue weighted by Crippen LogP contribution is -2.24. The third-order valence-electron chi connectivity index (χ3n) is 3.09. The molecule has 0 unspecified atom stereocenters. The Hall–Kier alpha value is -2.17. The van der Waals surface area contributed by atoms with Crippen LogP contribution in [-0.2, 0) is 6.54 Å². The zero-order chi connectivity index (χ0) is 14.2. The van der Waals surface area contributed by atoms with Crippen LogP contribution in [0.4, 0.5) is 0 Å². The van der Waals surface area contributed by atoms with Gasteiger partial charge in [0.25, 0.3) is 5.91 Å². The van der Waals surface area contributed by atoms with Crippen molar-refractivity contribution < 1.29 is 4.79 Å². The van der Waals surface area contributed by atoms with Crippen molar-refractivity contribution in [1.82, 2.24) is 20.1 Å². The first-order chi connectivity index (χ1) is 9.79. The number of rotatable bonds is 7. The molecule has 1 amide bonds. The molecule has 106 valence electrons. The van der Waals surface area contributed by atoms with Gasteiger partial charge in [-0.3, -0.25) is 4.79 Å². The molecule has 0 aliphatic rings. The van der Waals surface area contributed by atoms with E-state index in [1.54, 1.807) is 11.0 Å². The fourth-order valence-corrected chi connectivity index (χ4v) is 1.94. The van der Waals surface area contributed by atoms with E-state index in [0.29, 0.717) is 12.1 Å². The summed E-state index contributed by atoms with van der Waals surface area (Å²) in [6, 6.07) is 7.59. The number of nitrogens with zero attached hydrogens (tertiary/aromatic N) is 3. The minimum Gasteiger partial charge on any atom is -0.352 e. The highest BCUT2D eigenvalue weighted by Gasteiger charge is 2.04.